The molecule has 24 heavy (non-hydrogen) atoms. The van der Waals surface area contributed by atoms with Gasteiger partial charge in [-0.25, -0.2) is 9.18 Å². The van der Waals surface area contributed by atoms with Crippen molar-refractivity contribution in [3.63, 3.8) is 0 Å². The standard InChI is InChI=1S/C17H24FN3O3/c1-4-24-17(23)21-9-7-20(8-10-21)13(3)16(22)19-14-6-5-12(2)15(18)11-14/h5-6,11,13H,4,7-10H2,1-3H3,(H,19,22)/t13-/m0/s1. The largest absolute Gasteiger partial charge is 0.450 e. The van der Waals surface area contributed by atoms with Crippen LogP contribution in [-0.4, -0.2) is 60.6 Å². The van der Waals surface area contributed by atoms with Gasteiger partial charge in [-0.15, -0.1) is 0 Å². The highest BCUT2D eigenvalue weighted by Gasteiger charge is 2.28. The molecule has 1 fully saturated rings. The van der Waals surface area contributed by atoms with Crippen molar-refractivity contribution < 1.29 is 18.7 Å². The molecular formula is C17H24FN3O3. The molecule has 1 atom stereocenters. The molecule has 1 heterocycles. The van der Waals surface area contributed by atoms with Crippen LogP contribution in [0.4, 0.5) is 14.9 Å². The van der Waals surface area contributed by atoms with Gasteiger partial charge in [0.25, 0.3) is 0 Å². The minimum absolute atomic E-state index is 0.192. The summed E-state index contributed by atoms with van der Waals surface area (Å²) in [6.07, 6.45) is -0.315. The van der Waals surface area contributed by atoms with Crippen molar-refractivity contribution in [3.8, 4) is 0 Å². The second-order valence-electron chi connectivity index (χ2n) is 5.85. The highest BCUT2D eigenvalue weighted by atomic mass is 19.1. The number of amides is 2. The highest BCUT2D eigenvalue weighted by molar-refractivity contribution is 5.94. The summed E-state index contributed by atoms with van der Waals surface area (Å²) in [5.41, 5.74) is 0.983. The zero-order chi connectivity index (χ0) is 17.7. The maximum absolute atomic E-state index is 13.6. The van der Waals surface area contributed by atoms with E-state index in [2.05, 4.69) is 5.32 Å². The van der Waals surface area contributed by atoms with Crippen LogP contribution in [0.3, 0.4) is 0 Å². The van der Waals surface area contributed by atoms with Crippen LogP contribution in [0, 0.1) is 12.7 Å². The van der Waals surface area contributed by atoms with Crippen molar-refractivity contribution in [1.29, 1.82) is 0 Å². The Balaban J connectivity index is 1.87. The minimum atomic E-state index is -0.362. The zero-order valence-electron chi connectivity index (χ0n) is 14.3. The quantitative estimate of drug-likeness (QED) is 0.915. The van der Waals surface area contributed by atoms with Crippen LogP contribution in [-0.2, 0) is 9.53 Å². The van der Waals surface area contributed by atoms with E-state index in [9.17, 15) is 14.0 Å². The Kier molecular flexibility index (Phi) is 6.14. The van der Waals surface area contributed by atoms with Gasteiger partial charge in [0.05, 0.1) is 12.6 Å². The van der Waals surface area contributed by atoms with Gasteiger partial charge in [-0.2, -0.15) is 0 Å². The zero-order valence-corrected chi connectivity index (χ0v) is 14.3. The Labute approximate surface area is 141 Å². The first-order valence-corrected chi connectivity index (χ1v) is 8.15. The molecule has 7 heteroatoms. The van der Waals surface area contributed by atoms with E-state index in [1.807, 2.05) is 4.90 Å². The first-order chi connectivity index (χ1) is 11.4. The second-order valence-corrected chi connectivity index (χ2v) is 5.85. The number of hydrogen-bond donors (Lipinski definition) is 1. The van der Waals surface area contributed by atoms with Crippen LogP contribution in [0.1, 0.15) is 19.4 Å². The van der Waals surface area contributed by atoms with Crippen LogP contribution < -0.4 is 5.32 Å². The van der Waals surface area contributed by atoms with E-state index in [1.165, 1.54) is 6.07 Å². The van der Waals surface area contributed by atoms with Gasteiger partial charge in [0.2, 0.25) is 5.91 Å². The number of piperazine rings is 1. The molecule has 0 saturated carbocycles. The van der Waals surface area contributed by atoms with E-state index < -0.39 is 0 Å². The smallest absolute Gasteiger partial charge is 0.409 e. The molecule has 1 N–H and O–H groups in total. The van der Waals surface area contributed by atoms with Crippen molar-refractivity contribution in [2.75, 3.05) is 38.1 Å². The van der Waals surface area contributed by atoms with E-state index >= 15 is 0 Å². The van der Waals surface area contributed by atoms with E-state index in [-0.39, 0.29) is 23.9 Å². The summed E-state index contributed by atoms with van der Waals surface area (Å²) in [4.78, 5) is 27.7. The molecule has 0 unspecified atom stereocenters. The third-order valence-electron chi connectivity index (χ3n) is 4.21. The van der Waals surface area contributed by atoms with Gasteiger partial charge in [-0.05, 0) is 38.5 Å². The summed E-state index contributed by atoms with van der Waals surface area (Å²) in [5.74, 6) is -0.536. The molecule has 1 aromatic carbocycles. The van der Waals surface area contributed by atoms with Crippen molar-refractivity contribution in [2.24, 2.45) is 0 Å². The molecule has 0 radical (unpaired) electrons. The van der Waals surface area contributed by atoms with Crippen molar-refractivity contribution in [3.05, 3.63) is 29.6 Å². The van der Waals surface area contributed by atoms with E-state index in [1.54, 1.807) is 37.8 Å². The van der Waals surface area contributed by atoms with Crippen molar-refractivity contribution >= 4 is 17.7 Å². The fourth-order valence-corrected chi connectivity index (χ4v) is 2.59. The van der Waals surface area contributed by atoms with Gasteiger partial charge in [0, 0.05) is 31.9 Å². The number of carbonyl (C=O) groups is 2. The van der Waals surface area contributed by atoms with E-state index in [0.717, 1.165) is 0 Å². The number of aryl methyl sites for hydroxylation is 1. The lowest BCUT2D eigenvalue weighted by Gasteiger charge is -2.36. The summed E-state index contributed by atoms with van der Waals surface area (Å²) in [7, 11) is 0. The van der Waals surface area contributed by atoms with Gasteiger partial charge in [-0.1, -0.05) is 6.07 Å². The number of nitrogens with zero attached hydrogens (tertiary/aromatic N) is 2. The molecule has 0 bridgehead atoms. The summed E-state index contributed by atoms with van der Waals surface area (Å²) in [5, 5.41) is 2.74. The number of carbonyl (C=O) groups excluding carboxylic acids is 2. The molecule has 2 amide bonds. The summed E-state index contributed by atoms with van der Waals surface area (Å²) < 4.78 is 18.5. The van der Waals surface area contributed by atoms with Crippen LogP contribution in [0.25, 0.3) is 0 Å². The van der Waals surface area contributed by atoms with Gasteiger partial charge in [-0.3, -0.25) is 9.69 Å². The predicted molar refractivity (Wildman–Crippen MR) is 89.4 cm³/mol. The Morgan fingerprint density at radius 2 is 1.96 bits per heavy atom. The first-order valence-electron chi connectivity index (χ1n) is 8.15. The van der Waals surface area contributed by atoms with Crippen LogP contribution in [0.15, 0.2) is 18.2 Å². The number of rotatable bonds is 4. The maximum atomic E-state index is 13.6. The van der Waals surface area contributed by atoms with Crippen molar-refractivity contribution in [2.45, 2.75) is 26.8 Å². The molecule has 0 aliphatic carbocycles. The molecule has 6 nitrogen and oxygen atoms in total. The normalized spacial score (nSPS) is 16.6. The lowest BCUT2D eigenvalue weighted by Crippen LogP contribution is -2.54. The Morgan fingerprint density at radius 1 is 1.29 bits per heavy atom. The Hall–Kier alpha value is -2.15. The maximum Gasteiger partial charge on any atom is 0.409 e. The molecule has 2 rings (SSSR count). The monoisotopic (exact) mass is 337 g/mol. The lowest BCUT2D eigenvalue weighted by molar-refractivity contribution is -0.121. The highest BCUT2D eigenvalue weighted by Crippen LogP contribution is 2.15. The summed E-state index contributed by atoms with van der Waals surface area (Å²) >= 11 is 0. The average Bonchev–Trinajstić information content (AvgIpc) is 2.58. The van der Waals surface area contributed by atoms with Crippen LogP contribution >= 0.6 is 0 Å². The molecule has 1 aliphatic heterocycles. The minimum Gasteiger partial charge on any atom is -0.450 e. The SMILES string of the molecule is CCOC(=O)N1CCN([C@@H](C)C(=O)Nc2ccc(C)c(F)c2)CC1. The van der Waals surface area contributed by atoms with Gasteiger partial charge in [0.1, 0.15) is 5.82 Å². The molecular weight excluding hydrogens is 313 g/mol. The summed E-state index contributed by atoms with van der Waals surface area (Å²) in [6, 6.07) is 4.27. The predicted octanol–water partition coefficient (Wildman–Crippen LogP) is 2.24. The fourth-order valence-electron chi connectivity index (χ4n) is 2.59. The van der Waals surface area contributed by atoms with Crippen molar-refractivity contribution in [1.82, 2.24) is 9.80 Å². The molecule has 0 spiro atoms. The van der Waals surface area contributed by atoms with E-state index in [0.29, 0.717) is 44.0 Å². The number of benzene rings is 1. The van der Waals surface area contributed by atoms with E-state index in [4.69, 9.17) is 4.74 Å². The number of ether oxygens (including phenoxy) is 1. The van der Waals surface area contributed by atoms with Gasteiger partial charge >= 0.3 is 6.09 Å². The third-order valence-corrected chi connectivity index (χ3v) is 4.21. The Bertz CT molecular complexity index is 601. The second kappa shape index (κ2) is 8.10. The molecule has 0 aromatic heterocycles. The number of anilines is 1. The molecule has 132 valence electrons. The topological polar surface area (TPSA) is 61.9 Å². The fraction of sp³-hybridized carbons (Fsp3) is 0.529. The van der Waals surface area contributed by atoms with Gasteiger partial charge < -0.3 is 15.0 Å². The number of nitrogens with one attached hydrogen (secondary N) is 1. The first kappa shape index (κ1) is 18.2. The van der Waals surface area contributed by atoms with Gasteiger partial charge in [0.15, 0.2) is 0 Å². The number of halogens is 1. The third kappa shape index (κ3) is 4.44. The molecule has 1 aliphatic rings. The van der Waals surface area contributed by atoms with Crippen LogP contribution in [0.2, 0.25) is 0 Å². The summed E-state index contributed by atoms with van der Waals surface area (Å²) in [6.45, 7) is 7.84. The number of hydrogen-bond acceptors (Lipinski definition) is 4. The lowest BCUT2D eigenvalue weighted by atomic mass is 10.2. The van der Waals surface area contributed by atoms with Crippen LogP contribution in [0.5, 0.6) is 0 Å². The Morgan fingerprint density at radius 3 is 2.54 bits per heavy atom. The molecule has 1 aromatic rings. The average molecular weight is 337 g/mol. The molecule has 1 saturated heterocycles.